The monoisotopic (exact) mass is 385 g/mol. The molecule has 0 unspecified atom stereocenters. The number of carbonyl (C=O) groups excluding carboxylic acids is 1. The van der Waals surface area contributed by atoms with E-state index in [1.54, 1.807) is 20.4 Å². The minimum absolute atomic E-state index is 0.0605. The van der Waals surface area contributed by atoms with Crippen LogP contribution in [0.3, 0.4) is 0 Å². The van der Waals surface area contributed by atoms with Gasteiger partial charge in [0.05, 0.1) is 26.6 Å². The number of hydrogen-bond donors (Lipinski definition) is 1. The minimum atomic E-state index is -0.0605. The van der Waals surface area contributed by atoms with E-state index in [9.17, 15) is 4.79 Å². The maximum Gasteiger partial charge on any atom is 0.274 e. The van der Waals surface area contributed by atoms with Crippen molar-refractivity contribution in [1.29, 1.82) is 0 Å². The second-order valence-corrected chi connectivity index (χ2v) is 6.56. The second-order valence-electron chi connectivity index (χ2n) is 6.56. The standard InChI is InChI=1S/C20H27N5O3/c1-4-24-7-9-25(10-8-24)20(26)16-13-23-19(14-21-16)22-12-15-5-6-17(27-2)18(11-15)28-3/h5-6,11,13-14H,4,7-10,12H2,1-3H3,(H,22,23). The highest BCUT2D eigenvalue weighted by Gasteiger charge is 2.22. The molecule has 1 N–H and O–H groups in total. The smallest absolute Gasteiger partial charge is 0.274 e. The van der Waals surface area contributed by atoms with Crippen molar-refractivity contribution in [3.8, 4) is 11.5 Å². The lowest BCUT2D eigenvalue weighted by Crippen LogP contribution is -2.48. The summed E-state index contributed by atoms with van der Waals surface area (Å²) in [5.74, 6) is 1.92. The van der Waals surface area contributed by atoms with Crippen LogP contribution in [0.25, 0.3) is 0 Å². The van der Waals surface area contributed by atoms with Gasteiger partial charge in [0.25, 0.3) is 5.91 Å². The summed E-state index contributed by atoms with van der Waals surface area (Å²) in [6.45, 7) is 6.98. The number of rotatable bonds is 7. The Hall–Kier alpha value is -2.87. The number of anilines is 1. The number of nitrogens with zero attached hydrogens (tertiary/aromatic N) is 4. The van der Waals surface area contributed by atoms with Crippen molar-refractivity contribution in [1.82, 2.24) is 19.8 Å². The number of hydrogen-bond acceptors (Lipinski definition) is 7. The van der Waals surface area contributed by atoms with E-state index in [0.717, 1.165) is 38.3 Å². The molecular formula is C20H27N5O3. The van der Waals surface area contributed by atoms with Gasteiger partial charge in [0, 0.05) is 32.7 Å². The van der Waals surface area contributed by atoms with E-state index >= 15 is 0 Å². The molecule has 1 amide bonds. The molecule has 8 nitrogen and oxygen atoms in total. The molecule has 0 bridgehead atoms. The molecule has 3 rings (SSSR count). The zero-order valence-corrected chi connectivity index (χ0v) is 16.6. The lowest BCUT2D eigenvalue weighted by molar-refractivity contribution is 0.0637. The van der Waals surface area contributed by atoms with Crippen LogP contribution in [0.2, 0.25) is 0 Å². The summed E-state index contributed by atoms with van der Waals surface area (Å²) in [7, 11) is 3.22. The first-order valence-electron chi connectivity index (χ1n) is 9.43. The fourth-order valence-corrected chi connectivity index (χ4v) is 3.14. The summed E-state index contributed by atoms with van der Waals surface area (Å²) in [6, 6.07) is 5.73. The van der Waals surface area contributed by atoms with Crippen molar-refractivity contribution >= 4 is 11.7 Å². The van der Waals surface area contributed by atoms with Crippen LogP contribution < -0.4 is 14.8 Å². The Morgan fingerprint density at radius 3 is 2.43 bits per heavy atom. The molecule has 0 aliphatic carbocycles. The van der Waals surface area contributed by atoms with Gasteiger partial charge in [0.15, 0.2) is 11.5 Å². The number of methoxy groups -OCH3 is 2. The average Bonchev–Trinajstić information content (AvgIpc) is 2.77. The third-order valence-electron chi connectivity index (χ3n) is 4.90. The number of piperazine rings is 1. The zero-order valence-electron chi connectivity index (χ0n) is 16.6. The fraction of sp³-hybridized carbons (Fsp3) is 0.450. The first-order chi connectivity index (χ1) is 13.6. The average molecular weight is 385 g/mol. The number of nitrogens with one attached hydrogen (secondary N) is 1. The molecule has 0 radical (unpaired) electrons. The summed E-state index contributed by atoms with van der Waals surface area (Å²) in [5.41, 5.74) is 1.40. The van der Waals surface area contributed by atoms with Gasteiger partial charge < -0.3 is 24.6 Å². The molecule has 8 heteroatoms. The van der Waals surface area contributed by atoms with E-state index in [1.807, 2.05) is 23.1 Å². The predicted molar refractivity (Wildman–Crippen MR) is 107 cm³/mol. The van der Waals surface area contributed by atoms with Gasteiger partial charge >= 0.3 is 0 Å². The number of benzene rings is 1. The molecule has 1 aliphatic rings. The van der Waals surface area contributed by atoms with E-state index in [1.165, 1.54) is 6.20 Å². The zero-order chi connectivity index (χ0) is 19.9. The van der Waals surface area contributed by atoms with Crippen molar-refractivity contribution in [3.63, 3.8) is 0 Å². The Morgan fingerprint density at radius 2 is 1.82 bits per heavy atom. The largest absolute Gasteiger partial charge is 0.493 e. The third-order valence-corrected chi connectivity index (χ3v) is 4.90. The molecule has 150 valence electrons. The van der Waals surface area contributed by atoms with Crippen LogP contribution in [0.4, 0.5) is 5.82 Å². The third kappa shape index (κ3) is 4.69. The lowest BCUT2D eigenvalue weighted by atomic mass is 10.2. The predicted octanol–water partition coefficient (Wildman–Crippen LogP) is 1.88. The summed E-state index contributed by atoms with van der Waals surface area (Å²) >= 11 is 0. The Kier molecular flexibility index (Phi) is 6.65. The summed E-state index contributed by atoms with van der Waals surface area (Å²) in [4.78, 5) is 25.4. The maximum atomic E-state index is 12.6. The lowest BCUT2D eigenvalue weighted by Gasteiger charge is -2.33. The van der Waals surface area contributed by atoms with Gasteiger partial charge in [0.2, 0.25) is 0 Å². The highest BCUT2D eigenvalue weighted by atomic mass is 16.5. The van der Waals surface area contributed by atoms with Crippen LogP contribution in [-0.4, -0.2) is 72.6 Å². The molecule has 1 fully saturated rings. The van der Waals surface area contributed by atoms with Gasteiger partial charge in [-0.05, 0) is 24.2 Å². The van der Waals surface area contributed by atoms with E-state index < -0.39 is 0 Å². The highest BCUT2D eigenvalue weighted by Crippen LogP contribution is 2.27. The van der Waals surface area contributed by atoms with Gasteiger partial charge in [-0.25, -0.2) is 9.97 Å². The van der Waals surface area contributed by atoms with Crippen molar-refractivity contribution in [2.45, 2.75) is 13.5 Å². The normalized spacial score (nSPS) is 14.6. The topological polar surface area (TPSA) is 79.8 Å². The molecule has 28 heavy (non-hydrogen) atoms. The van der Waals surface area contributed by atoms with Gasteiger partial charge in [-0.3, -0.25) is 4.79 Å². The quantitative estimate of drug-likeness (QED) is 0.779. The molecular weight excluding hydrogens is 358 g/mol. The van der Waals surface area contributed by atoms with Crippen LogP contribution >= 0.6 is 0 Å². The van der Waals surface area contributed by atoms with Crippen LogP contribution in [0.5, 0.6) is 11.5 Å². The van der Waals surface area contributed by atoms with Crippen LogP contribution in [0, 0.1) is 0 Å². The highest BCUT2D eigenvalue weighted by molar-refractivity contribution is 5.92. The molecule has 0 spiro atoms. The summed E-state index contributed by atoms with van der Waals surface area (Å²) in [5, 5.41) is 3.21. The molecule has 1 saturated heterocycles. The summed E-state index contributed by atoms with van der Waals surface area (Å²) in [6.07, 6.45) is 3.13. The van der Waals surface area contributed by atoms with E-state index in [2.05, 4.69) is 27.1 Å². The maximum absolute atomic E-state index is 12.6. The Balaban J connectivity index is 1.56. The van der Waals surface area contributed by atoms with E-state index in [0.29, 0.717) is 29.6 Å². The molecule has 1 aliphatic heterocycles. The number of aromatic nitrogens is 2. The minimum Gasteiger partial charge on any atom is -0.493 e. The molecule has 2 aromatic rings. The molecule has 0 atom stereocenters. The van der Waals surface area contributed by atoms with Gasteiger partial charge in [0.1, 0.15) is 11.5 Å². The van der Waals surface area contributed by atoms with Gasteiger partial charge in [-0.2, -0.15) is 0 Å². The van der Waals surface area contributed by atoms with Crippen LogP contribution in [-0.2, 0) is 6.54 Å². The second kappa shape index (κ2) is 9.36. The molecule has 0 saturated carbocycles. The Morgan fingerprint density at radius 1 is 1.07 bits per heavy atom. The van der Waals surface area contributed by atoms with E-state index in [-0.39, 0.29) is 5.91 Å². The van der Waals surface area contributed by atoms with Crippen molar-refractivity contribution in [2.75, 3.05) is 52.3 Å². The number of amides is 1. The molecule has 2 heterocycles. The SMILES string of the molecule is CCN1CCN(C(=O)c2cnc(NCc3ccc(OC)c(OC)c3)cn2)CC1. The first kappa shape index (κ1) is 19.9. The number of likely N-dealkylation sites (N-methyl/N-ethyl adjacent to an activating group) is 1. The van der Waals surface area contributed by atoms with Gasteiger partial charge in [-0.15, -0.1) is 0 Å². The molecule has 1 aromatic heterocycles. The van der Waals surface area contributed by atoms with Crippen molar-refractivity contribution in [2.24, 2.45) is 0 Å². The summed E-state index contributed by atoms with van der Waals surface area (Å²) < 4.78 is 10.6. The number of carbonyl (C=O) groups is 1. The first-order valence-corrected chi connectivity index (χ1v) is 9.43. The van der Waals surface area contributed by atoms with Crippen LogP contribution in [0.1, 0.15) is 23.0 Å². The van der Waals surface area contributed by atoms with Crippen molar-refractivity contribution in [3.05, 3.63) is 41.9 Å². The molecule has 1 aromatic carbocycles. The Labute approximate surface area is 165 Å². The van der Waals surface area contributed by atoms with E-state index in [4.69, 9.17) is 9.47 Å². The van der Waals surface area contributed by atoms with Crippen molar-refractivity contribution < 1.29 is 14.3 Å². The number of ether oxygens (including phenoxy) is 2. The Bertz CT molecular complexity index is 789. The fourth-order valence-electron chi connectivity index (χ4n) is 3.14. The van der Waals surface area contributed by atoms with Gasteiger partial charge in [-0.1, -0.05) is 13.0 Å². The van der Waals surface area contributed by atoms with Crippen LogP contribution in [0.15, 0.2) is 30.6 Å².